The van der Waals surface area contributed by atoms with Crippen LogP contribution in [0.4, 0.5) is 10.1 Å². The average Bonchev–Trinajstić information content (AvgIpc) is 2.72. The number of Topliss-reactive ketones (excluding diaryl/α,β-unsaturated/α-hetero) is 1. The Kier molecular flexibility index (Phi) is 7.41. The number of benzene rings is 2. The molecule has 6 nitrogen and oxygen atoms in total. The van der Waals surface area contributed by atoms with Gasteiger partial charge in [0.2, 0.25) is 5.91 Å². The lowest BCUT2D eigenvalue weighted by Crippen LogP contribution is -2.50. The summed E-state index contributed by atoms with van der Waals surface area (Å²) in [7, 11) is 0. The van der Waals surface area contributed by atoms with Crippen molar-refractivity contribution in [2.45, 2.75) is 13.8 Å². The zero-order valence-corrected chi connectivity index (χ0v) is 17.5. The van der Waals surface area contributed by atoms with E-state index in [-0.39, 0.29) is 17.5 Å². The van der Waals surface area contributed by atoms with Crippen molar-refractivity contribution in [3.8, 4) is 5.75 Å². The van der Waals surface area contributed by atoms with E-state index in [1.54, 1.807) is 12.1 Å². The molecule has 2 aromatic carbocycles. The van der Waals surface area contributed by atoms with Gasteiger partial charge < -0.3 is 15.0 Å². The molecule has 1 N–H and O–H groups in total. The van der Waals surface area contributed by atoms with Crippen LogP contribution < -0.4 is 15.0 Å². The summed E-state index contributed by atoms with van der Waals surface area (Å²) in [5.41, 5.74) is 2.00. The molecule has 0 atom stereocenters. The smallest absolute Gasteiger partial charge is 0.234 e. The summed E-state index contributed by atoms with van der Waals surface area (Å²) in [6.07, 6.45) is 0. The van der Waals surface area contributed by atoms with Gasteiger partial charge in [-0.1, -0.05) is 12.1 Å². The van der Waals surface area contributed by atoms with Crippen LogP contribution in [-0.4, -0.2) is 62.5 Å². The van der Waals surface area contributed by atoms with Crippen LogP contribution in [0.3, 0.4) is 0 Å². The summed E-state index contributed by atoms with van der Waals surface area (Å²) < 4.78 is 20.0. The Bertz CT molecular complexity index is 895. The highest BCUT2D eigenvalue weighted by molar-refractivity contribution is 5.94. The van der Waals surface area contributed by atoms with E-state index in [2.05, 4.69) is 10.2 Å². The summed E-state index contributed by atoms with van der Waals surface area (Å²) in [4.78, 5) is 27.5. The highest BCUT2D eigenvalue weighted by Gasteiger charge is 2.21. The van der Waals surface area contributed by atoms with E-state index in [1.807, 2.05) is 36.1 Å². The molecule has 1 heterocycles. The number of ether oxygens (including phenoxy) is 1. The number of carbonyl (C=O) groups excluding carboxylic acids is 2. The Morgan fingerprint density at radius 3 is 2.53 bits per heavy atom. The Morgan fingerprint density at radius 1 is 1.10 bits per heavy atom. The molecule has 1 fully saturated rings. The molecule has 0 bridgehead atoms. The van der Waals surface area contributed by atoms with E-state index in [1.165, 1.54) is 13.0 Å². The van der Waals surface area contributed by atoms with Crippen molar-refractivity contribution >= 4 is 17.4 Å². The normalized spacial score (nSPS) is 14.4. The number of nitrogens with one attached hydrogen (secondary N) is 1. The average molecular weight is 413 g/mol. The molecular weight excluding hydrogens is 385 g/mol. The molecule has 0 aliphatic carbocycles. The number of hydrogen-bond acceptors (Lipinski definition) is 5. The first-order valence-electron chi connectivity index (χ1n) is 10.2. The van der Waals surface area contributed by atoms with Crippen molar-refractivity contribution in [3.05, 3.63) is 59.4 Å². The third-order valence-electron chi connectivity index (χ3n) is 5.12. The van der Waals surface area contributed by atoms with E-state index >= 15 is 0 Å². The maximum Gasteiger partial charge on any atom is 0.234 e. The molecule has 7 heteroatoms. The number of amides is 1. The Balaban J connectivity index is 1.38. The fourth-order valence-electron chi connectivity index (χ4n) is 3.45. The van der Waals surface area contributed by atoms with Crippen molar-refractivity contribution in [1.82, 2.24) is 10.2 Å². The van der Waals surface area contributed by atoms with E-state index < -0.39 is 0 Å². The first-order valence-corrected chi connectivity index (χ1v) is 10.2. The van der Waals surface area contributed by atoms with Gasteiger partial charge in [0.05, 0.1) is 18.8 Å². The second-order valence-electron chi connectivity index (χ2n) is 7.50. The van der Waals surface area contributed by atoms with Crippen molar-refractivity contribution in [1.29, 1.82) is 0 Å². The molecule has 0 saturated carbocycles. The maximum absolute atomic E-state index is 14.3. The summed E-state index contributed by atoms with van der Waals surface area (Å²) in [6.45, 7) is 7.18. The zero-order chi connectivity index (χ0) is 21.5. The van der Waals surface area contributed by atoms with Crippen molar-refractivity contribution < 1.29 is 18.7 Å². The molecule has 0 radical (unpaired) electrons. The molecule has 1 aliphatic heterocycles. The molecule has 160 valence electrons. The largest absolute Gasteiger partial charge is 0.492 e. The number of carbonyl (C=O) groups is 2. The van der Waals surface area contributed by atoms with Gasteiger partial charge in [-0.05, 0) is 49.7 Å². The van der Waals surface area contributed by atoms with E-state index in [0.29, 0.717) is 57.1 Å². The van der Waals surface area contributed by atoms with E-state index in [9.17, 15) is 14.0 Å². The number of aryl methyl sites for hydroxylation is 1. The SMILES string of the molecule is CC(=O)c1ccc(N2CCN(CC(=O)NCCOc3cccc(C)c3)CC2)c(F)c1. The Labute approximate surface area is 176 Å². The van der Waals surface area contributed by atoms with Crippen LogP contribution >= 0.6 is 0 Å². The van der Waals surface area contributed by atoms with E-state index in [4.69, 9.17) is 4.74 Å². The van der Waals surface area contributed by atoms with Gasteiger partial charge in [0.15, 0.2) is 5.78 Å². The number of halogens is 1. The molecule has 0 unspecified atom stereocenters. The highest BCUT2D eigenvalue weighted by Crippen LogP contribution is 2.22. The number of anilines is 1. The quantitative estimate of drug-likeness (QED) is 0.533. The van der Waals surface area contributed by atoms with Gasteiger partial charge in [-0.3, -0.25) is 14.5 Å². The van der Waals surface area contributed by atoms with Crippen molar-refractivity contribution in [2.24, 2.45) is 0 Å². The molecule has 30 heavy (non-hydrogen) atoms. The van der Waals surface area contributed by atoms with Crippen molar-refractivity contribution in [2.75, 3.05) is 50.8 Å². The molecule has 3 rings (SSSR count). The van der Waals surface area contributed by atoms with Crippen LogP contribution in [0.1, 0.15) is 22.8 Å². The number of rotatable bonds is 8. The molecule has 0 aromatic heterocycles. The van der Waals surface area contributed by atoms with E-state index in [0.717, 1.165) is 11.3 Å². The van der Waals surface area contributed by atoms with Crippen LogP contribution in [-0.2, 0) is 4.79 Å². The summed E-state index contributed by atoms with van der Waals surface area (Å²) in [5.74, 6) is 0.209. The van der Waals surface area contributed by atoms with Gasteiger partial charge >= 0.3 is 0 Å². The van der Waals surface area contributed by atoms with Gasteiger partial charge in [0.1, 0.15) is 18.2 Å². The summed E-state index contributed by atoms with van der Waals surface area (Å²) >= 11 is 0. The molecule has 1 saturated heterocycles. The topological polar surface area (TPSA) is 61.9 Å². The Morgan fingerprint density at radius 2 is 1.87 bits per heavy atom. The number of piperazine rings is 1. The lowest BCUT2D eigenvalue weighted by atomic mass is 10.1. The van der Waals surface area contributed by atoms with Crippen LogP contribution in [0.25, 0.3) is 0 Å². The fraction of sp³-hybridized carbons (Fsp3) is 0.391. The molecule has 1 aliphatic rings. The predicted octanol–water partition coefficient (Wildman–Crippen LogP) is 2.65. The van der Waals surface area contributed by atoms with Crippen LogP contribution in [0.15, 0.2) is 42.5 Å². The van der Waals surface area contributed by atoms with Gasteiger partial charge in [-0.2, -0.15) is 0 Å². The highest BCUT2D eigenvalue weighted by atomic mass is 19.1. The number of ketones is 1. The molecule has 0 spiro atoms. The monoisotopic (exact) mass is 413 g/mol. The Hall–Kier alpha value is -2.93. The minimum Gasteiger partial charge on any atom is -0.492 e. The van der Waals surface area contributed by atoms with Crippen molar-refractivity contribution in [3.63, 3.8) is 0 Å². The number of hydrogen-bond donors (Lipinski definition) is 1. The minimum absolute atomic E-state index is 0.0479. The first kappa shape index (κ1) is 21.8. The number of nitrogens with zero attached hydrogens (tertiary/aromatic N) is 2. The standard InChI is InChI=1S/C23H28FN3O3/c1-17-4-3-5-20(14-17)30-13-8-25-23(29)16-26-9-11-27(12-10-26)22-7-6-19(18(2)28)15-21(22)24/h3-7,14-15H,8-13,16H2,1-2H3,(H,25,29). The molecule has 1 amide bonds. The van der Waals surface area contributed by atoms with Gasteiger partial charge in [-0.25, -0.2) is 4.39 Å². The predicted molar refractivity (Wildman–Crippen MR) is 115 cm³/mol. The van der Waals surface area contributed by atoms with Crippen LogP contribution in [0.5, 0.6) is 5.75 Å². The minimum atomic E-state index is -0.387. The van der Waals surface area contributed by atoms with Gasteiger partial charge in [-0.15, -0.1) is 0 Å². The second kappa shape index (κ2) is 10.2. The molecule has 2 aromatic rings. The van der Waals surface area contributed by atoms with Gasteiger partial charge in [0.25, 0.3) is 0 Å². The van der Waals surface area contributed by atoms with Crippen LogP contribution in [0, 0.1) is 12.7 Å². The van der Waals surface area contributed by atoms with Crippen LogP contribution in [0.2, 0.25) is 0 Å². The maximum atomic E-state index is 14.3. The fourth-order valence-corrected chi connectivity index (χ4v) is 3.45. The summed E-state index contributed by atoms with van der Waals surface area (Å²) in [6, 6.07) is 12.4. The lowest BCUT2D eigenvalue weighted by molar-refractivity contribution is -0.122. The lowest BCUT2D eigenvalue weighted by Gasteiger charge is -2.35. The third-order valence-corrected chi connectivity index (χ3v) is 5.12. The zero-order valence-electron chi connectivity index (χ0n) is 17.5. The third kappa shape index (κ3) is 6.03. The first-order chi connectivity index (χ1) is 14.4. The summed E-state index contributed by atoms with van der Waals surface area (Å²) in [5, 5.41) is 2.87. The van der Waals surface area contributed by atoms with Gasteiger partial charge in [0, 0.05) is 31.7 Å². The second-order valence-corrected chi connectivity index (χ2v) is 7.50. The molecular formula is C23H28FN3O3.